The van der Waals surface area contributed by atoms with Gasteiger partial charge in [-0.25, -0.2) is 4.79 Å². The van der Waals surface area contributed by atoms with Gasteiger partial charge in [-0.05, 0) is 30.3 Å². The van der Waals surface area contributed by atoms with Crippen LogP contribution < -0.4 is 10.6 Å². The number of hydrogen-bond donors (Lipinski definition) is 2. The van der Waals surface area contributed by atoms with Crippen molar-refractivity contribution in [1.82, 2.24) is 0 Å². The second kappa shape index (κ2) is 5.76. The minimum atomic E-state index is -0.356. The van der Waals surface area contributed by atoms with E-state index >= 15 is 0 Å². The molecule has 0 fully saturated rings. The van der Waals surface area contributed by atoms with E-state index in [1.165, 1.54) is 0 Å². The van der Waals surface area contributed by atoms with Crippen molar-refractivity contribution in [3.8, 4) is 0 Å². The Balaban J connectivity index is 2.03. The lowest BCUT2D eigenvalue weighted by molar-refractivity contribution is 0.262. The molecule has 2 aromatic rings. The zero-order chi connectivity index (χ0) is 13.0. The Morgan fingerprint density at radius 2 is 1.67 bits per heavy atom. The summed E-state index contributed by atoms with van der Waals surface area (Å²) in [6.07, 6.45) is 0. The molecular weight excluding hydrogens is 271 g/mol. The molecule has 92 valence electrons. The molecule has 0 radical (unpaired) electrons. The third-order valence-corrected chi connectivity index (χ3v) is 2.76. The number of para-hydroxylation sites is 1. The van der Waals surface area contributed by atoms with Crippen molar-refractivity contribution in [1.29, 1.82) is 0 Å². The number of carbonyl (C=O) groups is 1. The van der Waals surface area contributed by atoms with Gasteiger partial charge in [0.2, 0.25) is 0 Å². The molecule has 2 aromatic carbocycles. The Labute approximate surface area is 115 Å². The number of benzene rings is 2. The Hall–Kier alpha value is -1.71. The molecule has 18 heavy (non-hydrogen) atoms. The Morgan fingerprint density at radius 3 is 2.33 bits per heavy atom. The summed E-state index contributed by atoms with van der Waals surface area (Å²) >= 11 is 11.7. The van der Waals surface area contributed by atoms with Crippen LogP contribution in [0, 0.1) is 0 Å². The van der Waals surface area contributed by atoms with Gasteiger partial charge in [-0.1, -0.05) is 41.4 Å². The summed E-state index contributed by atoms with van der Waals surface area (Å²) in [5.74, 6) is 0. The summed E-state index contributed by atoms with van der Waals surface area (Å²) in [6.45, 7) is 0. The number of hydrogen-bond acceptors (Lipinski definition) is 1. The molecule has 0 aromatic heterocycles. The van der Waals surface area contributed by atoms with E-state index in [1.807, 2.05) is 18.2 Å². The molecular formula is C13H10Cl2N2O. The van der Waals surface area contributed by atoms with E-state index < -0.39 is 0 Å². The zero-order valence-electron chi connectivity index (χ0n) is 9.28. The summed E-state index contributed by atoms with van der Waals surface area (Å²) in [4.78, 5) is 11.7. The lowest BCUT2D eigenvalue weighted by atomic mass is 10.3. The lowest BCUT2D eigenvalue weighted by Gasteiger charge is -2.09. The van der Waals surface area contributed by atoms with Gasteiger partial charge in [-0.15, -0.1) is 0 Å². The van der Waals surface area contributed by atoms with E-state index in [9.17, 15) is 4.79 Å². The molecule has 2 N–H and O–H groups in total. The fourth-order valence-electron chi connectivity index (χ4n) is 1.40. The smallest absolute Gasteiger partial charge is 0.308 e. The number of anilines is 2. The number of urea groups is 1. The highest BCUT2D eigenvalue weighted by Gasteiger charge is 2.06. The van der Waals surface area contributed by atoms with Gasteiger partial charge in [-0.3, -0.25) is 0 Å². The molecule has 0 bridgehead atoms. The van der Waals surface area contributed by atoms with Gasteiger partial charge in [0, 0.05) is 10.7 Å². The average Bonchev–Trinajstić information content (AvgIpc) is 2.34. The minimum Gasteiger partial charge on any atom is -0.308 e. The minimum absolute atomic E-state index is 0.356. The second-order valence-corrected chi connectivity index (χ2v) is 4.41. The Morgan fingerprint density at radius 1 is 0.944 bits per heavy atom. The molecule has 0 aliphatic carbocycles. The van der Waals surface area contributed by atoms with Crippen LogP contribution in [0.2, 0.25) is 10.0 Å². The van der Waals surface area contributed by atoms with Crippen LogP contribution in [-0.4, -0.2) is 6.03 Å². The quantitative estimate of drug-likeness (QED) is 0.827. The summed E-state index contributed by atoms with van der Waals surface area (Å²) < 4.78 is 0. The molecule has 0 atom stereocenters. The van der Waals surface area contributed by atoms with Crippen LogP contribution in [-0.2, 0) is 0 Å². The van der Waals surface area contributed by atoms with Gasteiger partial charge in [0.05, 0.1) is 10.7 Å². The predicted octanol–water partition coefficient (Wildman–Crippen LogP) is 4.64. The molecule has 0 unspecified atom stereocenters. The maximum Gasteiger partial charge on any atom is 0.323 e. The molecule has 0 spiro atoms. The van der Waals surface area contributed by atoms with E-state index in [1.54, 1.807) is 30.3 Å². The highest BCUT2D eigenvalue weighted by molar-refractivity contribution is 6.36. The van der Waals surface area contributed by atoms with E-state index in [2.05, 4.69) is 10.6 Å². The molecule has 3 nitrogen and oxygen atoms in total. The van der Waals surface area contributed by atoms with Gasteiger partial charge in [-0.2, -0.15) is 0 Å². The van der Waals surface area contributed by atoms with E-state index in [0.29, 0.717) is 21.4 Å². The third-order valence-electron chi connectivity index (χ3n) is 2.21. The van der Waals surface area contributed by atoms with E-state index in [4.69, 9.17) is 23.2 Å². The first kappa shape index (κ1) is 12.7. The van der Waals surface area contributed by atoms with Gasteiger partial charge in [0.15, 0.2) is 0 Å². The molecule has 0 aliphatic rings. The fourth-order valence-corrected chi connectivity index (χ4v) is 1.85. The van der Waals surface area contributed by atoms with Crippen LogP contribution >= 0.6 is 23.2 Å². The normalized spacial score (nSPS) is 9.89. The first-order chi connectivity index (χ1) is 8.65. The van der Waals surface area contributed by atoms with Gasteiger partial charge >= 0.3 is 6.03 Å². The molecule has 0 saturated heterocycles. The highest BCUT2D eigenvalue weighted by Crippen LogP contribution is 2.25. The van der Waals surface area contributed by atoms with Crippen molar-refractivity contribution in [3.63, 3.8) is 0 Å². The molecule has 5 heteroatoms. The maximum absolute atomic E-state index is 11.7. The molecule has 0 aliphatic heterocycles. The summed E-state index contributed by atoms with van der Waals surface area (Å²) in [5.41, 5.74) is 1.22. The van der Waals surface area contributed by atoms with Crippen molar-refractivity contribution in [2.75, 3.05) is 10.6 Å². The van der Waals surface area contributed by atoms with Gasteiger partial charge in [0.1, 0.15) is 0 Å². The van der Waals surface area contributed by atoms with Crippen molar-refractivity contribution in [2.45, 2.75) is 0 Å². The van der Waals surface area contributed by atoms with Crippen molar-refractivity contribution in [3.05, 3.63) is 58.6 Å². The van der Waals surface area contributed by atoms with Crippen molar-refractivity contribution >= 4 is 40.6 Å². The average molecular weight is 281 g/mol. The monoisotopic (exact) mass is 280 g/mol. The molecule has 2 rings (SSSR count). The van der Waals surface area contributed by atoms with Crippen LogP contribution in [0.25, 0.3) is 0 Å². The molecule has 0 saturated carbocycles. The van der Waals surface area contributed by atoms with E-state index in [-0.39, 0.29) is 6.03 Å². The van der Waals surface area contributed by atoms with Crippen LogP contribution in [0.15, 0.2) is 48.5 Å². The predicted molar refractivity (Wildman–Crippen MR) is 75.5 cm³/mol. The SMILES string of the molecule is O=C(Nc1ccccc1)Nc1ccc(Cl)cc1Cl. The van der Waals surface area contributed by atoms with Crippen LogP contribution in [0.3, 0.4) is 0 Å². The number of rotatable bonds is 2. The van der Waals surface area contributed by atoms with E-state index in [0.717, 1.165) is 0 Å². The Kier molecular flexibility index (Phi) is 4.07. The second-order valence-electron chi connectivity index (χ2n) is 3.57. The van der Waals surface area contributed by atoms with Crippen LogP contribution in [0.5, 0.6) is 0 Å². The summed E-state index contributed by atoms with van der Waals surface area (Å²) in [6, 6.07) is 13.7. The zero-order valence-corrected chi connectivity index (χ0v) is 10.8. The summed E-state index contributed by atoms with van der Waals surface area (Å²) in [5, 5.41) is 6.25. The molecule has 0 heterocycles. The van der Waals surface area contributed by atoms with Gasteiger partial charge in [0.25, 0.3) is 0 Å². The van der Waals surface area contributed by atoms with Crippen LogP contribution in [0.4, 0.5) is 16.2 Å². The first-order valence-electron chi connectivity index (χ1n) is 5.23. The number of carbonyl (C=O) groups excluding carboxylic acids is 1. The Bertz CT molecular complexity index is 558. The lowest BCUT2D eigenvalue weighted by Crippen LogP contribution is -2.19. The van der Waals surface area contributed by atoms with Crippen LogP contribution in [0.1, 0.15) is 0 Å². The largest absolute Gasteiger partial charge is 0.323 e. The number of nitrogens with one attached hydrogen (secondary N) is 2. The third kappa shape index (κ3) is 3.39. The highest BCUT2D eigenvalue weighted by atomic mass is 35.5. The summed E-state index contributed by atoms with van der Waals surface area (Å²) in [7, 11) is 0. The van der Waals surface area contributed by atoms with Crippen molar-refractivity contribution in [2.24, 2.45) is 0 Å². The van der Waals surface area contributed by atoms with Crippen molar-refractivity contribution < 1.29 is 4.79 Å². The fraction of sp³-hybridized carbons (Fsp3) is 0. The topological polar surface area (TPSA) is 41.1 Å². The standard InChI is InChI=1S/C13H10Cl2N2O/c14-9-6-7-12(11(15)8-9)17-13(18)16-10-4-2-1-3-5-10/h1-8H,(H2,16,17,18). The number of amides is 2. The maximum atomic E-state index is 11.7. The molecule has 2 amide bonds. The first-order valence-corrected chi connectivity index (χ1v) is 5.99. The van der Waals surface area contributed by atoms with Gasteiger partial charge < -0.3 is 10.6 Å². The number of halogens is 2.